The van der Waals surface area contributed by atoms with Crippen molar-refractivity contribution >= 4 is 111 Å². The van der Waals surface area contributed by atoms with E-state index in [2.05, 4.69) is 54.1 Å². The zero-order valence-electron chi connectivity index (χ0n) is 61.9. The van der Waals surface area contributed by atoms with E-state index in [1.54, 1.807) is 53.8 Å². The van der Waals surface area contributed by atoms with Gasteiger partial charge in [0.05, 0.1) is 52.8 Å². The topological polar surface area (TPSA) is 291 Å². The van der Waals surface area contributed by atoms with E-state index in [4.69, 9.17) is 111 Å². The molecule has 2 saturated carbocycles. The number of halogens is 6. The van der Waals surface area contributed by atoms with Gasteiger partial charge in [-0.3, -0.25) is 14.5 Å². The molecule has 578 valence electrons. The number of aromatic nitrogens is 6. The van der Waals surface area contributed by atoms with Gasteiger partial charge in [-0.25, -0.2) is 39.5 Å². The molecule has 13 rings (SSSR count). The quantitative estimate of drug-likeness (QED) is 0.0197. The number of aryl methyl sites for hydroxylation is 3. The van der Waals surface area contributed by atoms with E-state index < -0.39 is 17.7 Å². The standard InChI is InChI=1S/C35H43Cl2N5O4.C30H35Cl2N5O2.C19H15Cl2N3O/c1-35(2,3)46-34(44)42-17-16-24(19-31(42)33(43)45-25-10-4-5-11-25)39-20-22-8-6-9-23(18-22)30-21-40-32(38)29(41-30)15-14-26-27(36)12-7-13-28(26)37;31-24-9-4-10-25(32)23(24)11-12-26-29(33)36-18-28(37-26)20-6-3-5-19(15-20)17-35-21-13-14-34-27(16-21)30(38)39-22-7-1-2-8-22;20-15-5-2-6-16(21)14(15)7-8-17-19(22)23-10-18(24-17)13-4-1-3-12(9-13)11-25/h6-9,12-13,18,21,24-25,31,39H,4-5,10-11,14-17,19-20H2,1-3H3,(H2,38,40);3-6,9-10,15,18,21-22,27,34-35H,1-2,7-8,11-14,16-17H2,(H2,33,36);1-6,9-11H,7-8H2,(H2,22,23)/t24?,31-;21?,27-;/m11./s1. The smallest absolute Gasteiger partial charge is 0.411 e. The van der Waals surface area contributed by atoms with E-state index in [-0.39, 0.29) is 42.3 Å². The average Bonchev–Trinajstić information content (AvgIpc) is 1.23. The number of esters is 2. The van der Waals surface area contributed by atoms with Crippen LogP contribution in [0.3, 0.4) is 0 Å². The average molecular weight is 1610 g/mol. The molecule has 1 amide bonds. The van der Waals surface area contributed by atoms with E-state index in [1.807, 2.05) is 99.6 Å². The number of amides is 1. The lowest BCUT2D eigenvalue weighted by Crippen LogP contribution is -2.55. The van der Waals surface area contributed by atoms with E-state index in [9.17, 15) is 19.2 Å². The fourth-order valence-electron chi connectivity index (χ4n) is 14.0. The van der Waals surface area contributed by atoms with E-state index in [0.717, 1.165) is 139 Å². The van der Waals surface area contributed by atoms with Crippen molar-refractivity contribution in [1.29, 1.82) is 0 Å². The lowest BCUT2D eigenvalue weighted by molar-refractivity contribution is -0.156. The van der Waals surface area contributed by atoms with Crippen molar-refractivity contribution in [3.05, 3.63) is 227 Å². The van der Waals surface area contributed by atoms with Gasteiger partial charge in [-0.15, -0.1) is 0 Å². The third-order valence-corrected chi connectivity index (χ3v) is 22.1. The van der Waals surface area contributed by atoms with Crippen molar-refractivity contribution in [2.24, 2.45) is 0 Å². The zero-order valence-corrected chi connectivity index (χ0v) is 66.5. The molecule has 2 unspecified atom stereocenters. The summed E-state index contributed by atoms with van der Waals surface area (Å²) < 4.78 is 17.2. The number of piperidine rings is 2. The van der Waals surface area contributed by atoms with Crippen molar-refractivity contribution in [3.63, 3.8) is 0 Å². The van der Waals surface area contributed by atoms with Gasteiger partial charge in [-0.2, -0.15) is 0 Å². The number of hydrogen-bond acceptors (Lipinski definition) is 19. The van der Waals surface area contributed by atoms with E-state index >= 15 is 0 Å². The van der Waals surface area contributed by atoms with Gasteiger partial charge in [0.15, 0.2) is 0 Å². The second-order valence-corrected chi connectivity index (χ2v) is 31.5. The highest BCUT2D eigenvalue weighted by molar-refractivity contribution is 6.37. The third kappa shape index (κ3) is 23.3. The fraction of sp³-hybridized carbons (Fsp3) is 0.381. The van der Waals surface area contributed by atoms with Gasteiger partial charge in [0, 0.05) is 84.1 Å². The molecule has 6 aromatic carbocycles. The number of carbonyl (C=O) groups is 4. The number of benzene rings is 6. The number of ether oxygens (including phenoxy) is 3. The SMILES string of the molecule is CC(C)(C)OC(=O)N1CCC(NCc2cccc(-c3cnc(N)c(CCc4c(Cl)cccc4Cl)n3)c2)C[C@@H]1C(=O)OC1CCCC1.Nc1ncc(-c2cccc(C=O)c2)nc1CCc1c(Cl)cccc1Cl.Nc1ncc(-c2cccc(CNC3CCN[C@@H](C(=O)OC4CCCC4)C3)c2)nc1CCc1c(Cl)cccc1Cl. The third-order valence-electron chi connectivity index (χ3n) is 20.0. The largest absolute Gasteiger partial charge is 0.461 e. The summed E-state index contributed by atoms with van der Waals surface area (Å²) in [5.41, 5.74) is 30.0. The number of nitrogens with one attached hydrogen (secondary N) is 3. The lowest BCUT2D eigenvalue weighted by Gasteiger charge is -2.39. The van der Waals surface area contributed by atoms with Gasteiger partial charge in [0.2, 0.25) is 0 Å². The highest BCUT2D eigenvalue weighted by Crippen LogP contribution is 2.33. The van der Waals surface area contributed by atoms with Gasteiger partial charge in [0.1, 0.15) is 53.6 Å². The Balaban J connectivity index is 0.000000170. The first-order valence-corrected chi connectivity index (χ1v) is 39.8. The van der Waals surface area contributed by atoms with Crippen LogP contribution in [0, 0.1) is 0 Å². The molecule has 2 saturated heterocycles. The Bertz CT molecular complexity index is 4610. The van der Waals surface area contributed by atoms with Crippen molar-refractivity contribution in [3.8, 4) is 33.8 Å². The van der Waals surface area contributed by atoms with Crippen LogP contribution in [-0.2, 0) is 75.4 Å². The summed E-state index contributed by atoms with van der Waals surface area (Å²) in [6.07, 6.45) is 19.8. The summed E-state index contributed by atoms with van der Waals surface area (Å²) in [7, 11) is 0. The molecule has 0 bridgehead atoms. The van der Waals surface area contributed by atoms with Gasteiger partial charge in [-0.05, 0) is 225 Å². The second kappa shape index (κ2) is 39.6. The summed E-state index contributed by atoms with van der Waals surface area (Å²) in [5.74, 6) is 0.708. The molecule has 110 heavy (non-hydrogen) atoms. The summed E-state index contributed by atoms with van der Waals surface area (Å²) in [6, 6.07) is 39.2. The zero-order chi connectivity index (χ0) is 77.8. The minimum absolute atomic E-state index is 0.0167. The summed E-state index contributed by atoms with van der Waals surface area (Å²) in [6.45, 7) is 7.95. The predicted octanol–water partition coefficient (Wildman–Crippen LogP) is 17.3. The van der Waals surface area contributed by atoms with Crippen molar-refractivity contribution in [2.75, 3.05) is 30.3 Å². The van der Waals surface area contributed by atoms with Gasteiger partial charge >= 0.3 is 18.0 Å². The maximum Gasteiger partial charge on any atom is 0.411 e. The Morgan fingerprint density at radius 2 is 0.900 bits per heavy atom. The summed E-state index contributed by atoms with van der Waals surface area (Å²) in [4.78, 5) is 78.8. The summed E-state index contributed by atoms with van der Waals surface area (Å²) >= 11 is 37.8. The number of anilines is 3. The molecular weight excluding hydrogens is 1520 g/mol. The maximum atomic E-state index is 13.3. The highest BCUT2D eigenvalue weighted by Gasteiger charge is 2.41. The molecule has 3 aromatic heterocycles. The molecule has 0 radical (unpaired) electrons. The van der Waals surface area contributed by atoms with Crippen LogP contribution < -0.4 is 33.2 Å². The molecule has 0 spiro atoms. The molecule has 5 heterocycles. The van der Waals surface area contributed by atoms with Gasteiger partial charge < -0.3 is 47.4 Å². The highest BCUT2D eigenvalue weighted by atomic mass is 35.5. The van der Waals surface area contributed by atoms with Crippen molar-refractivity contribution in [2.45, 2.75) is 191 Å². The van der Waals surface area contributed by atoms with Crippen LogP contribution in [0.15, 0.2) is 146 Å². The Morgan fingerprint density at radius 3 is 1.32 bits per heavy atom. The number of nitrogens with zero attached hydrogens (tertiary/aromatic N) is 7. The molecular formula is C84H93Cl6N13O7. The number of nitrogens with two attached hydrogens (primary N) is 3. The number of carbonyl (C=O) groups excluding carboxylic acids is 4. The normalized spacial score (nSPS) is 17.3. The van der Waals surface area contributed by atoms with E-state index in [1.165, 1.54) is 0 Å². The fourth-order valence-corrected chi connectivity index (χ4v) is 15.8. The van der Waals surface area contributed by atoms with Gasteiger partial charge in [0.25, 0.3) is 0 Å². The molecule has 9 N–H and O–H groups in total. The Kier molecular flexibility index (Phi) is 29.7. The monoisotopic (exact) mass is 1610 g/mol. The van der Waals surface area contributed by atoms with Crippen molar-refractivity contribution in [1.82, 2.24) is 50.8 Å². The van der Waals surface area contributed by atoms with Gasteiger partial charge in [-0.1, -0.05) is 142 Å². The molecule has 20 nitrogen and oxygen atoms in total. The maximum absolute atomic E-state index is 13.3. The van der Waals surface area contributed by atoms with Crippen molar-refractivity contribution < 1.29 is 33.4 Å². The van der Waals surface area contributed by atoms with Crippen LogP contribution in [0.25, 0.3) is 33.8 Å². The number of likely N-dealkylation sites (tertiary alicyclic amines) is 1. The first kappa shape index (κ1) is 82.4. The van der Waals surface area contributed by atoms with Crippen LogP contribution in [0.5, 0.6) is 0 Å². The Morgan fingerprint density at radius 1 is 0.509 bits per heavy atom. The minimum atomic E-state index is -0.697. The number of hydrogen-bond donors (Lipinski definition) is 6. The molecule has 9 aromatic rings. The van der Waals surface area contributed by atoms with Crippen LogP contribution in [0.1, 0.15) is 153 Å². The molecule has 4 fully saturated rings. The van der Waals surface area contributed by atoms with Crippen LogP contribution in [-0.4, -0.2) is 114 Å². The predicted molar refractivity (Wildman–Crippen MR) is 438 cm³/mol. The first-order valence-electron chi connectivity index (χ1n) is 37.5. The van der Waals surface area contributed by atoms with Crippen LogP contribution in [0.2, 0.25) is 30.1 Å². The number of nitrogen functional groups attached to an aromatic ring is 3. The van der Waals surface area contributed by atoms with Crippen LogP contribution in [0.4, 0.5) is 22.2 Å². The first-order chi connectivity index (χ1) is 53.0. The Hall–Kier alpha value is -8.54. The lowest BCUT2D eigenvalue weighted by atomic mass is 9.96. The molecule has 4 atom stereocenters. The molecule has 26 heteroatoms. The Labute approximate surface area is 673 Å². The van der Waals surface area contributed by atoms with Crippen LogP contribution >= 0.6 is 69.6 Å². The van der Waals surface area contributed by atoms with E-state index in [0.29, 0.717) is 141 Å². The minimum Gasteiger partial charge on any atom is -0.461 e. The number of aldehydes is 1. The number of rotatable bonds is 23. The summed E-state index contributed by atoms with van der Waals surface area (Å²) in [5, 5.41) is 14.3. The molecule has 2 aliphatic heterocycles. The second-order valence-electron chi connectivity index (χ2n) is 29.1. The molecule has 2 aliphatic carbocycles. The molecule has 4 aliphatic rings.